The van der Waals surface area contributed by atoms with Crippen molar-refractivity contribution in [2.24, 2.45) is 5.16 Å². The Labute approximate surface area is 82.2 Å². The van der Waals surface area contributed by atoms with E-state index in [9.17, 15) is 0 Å². The van der Waals surface area contributed by atoms with Crippen molar-refractivity contribution in [3.8, 4) is 5.75 Å². The molecule has 4 nitrogen and oxygen atoms in total. The summed E-state index contributed by atoms with van der Waals surface area (Å²) >= 11 is 0. The van der Waals surface area contributed by atoms with E-state index < -0.39 is 0 Å². The highest BCUT2D eigenvalue weighted by Gasteiger charge is 2.15. The second-order valence-electron chi connectivity index (χ2n) is 3.13. The van der Waals surface area contributed by atoms with Crippen LogP contribution in [-0.2, 0) is 0 Å². The fourth-order valence-corrected chi connectivity index (χ4v) is 1.60. The lowest BCUT2D eigenvalue weighted by Crippen LogP contribution is -2.18. The van der Waals surface area contributed by atoms with Crippen molar-refractivity contribution in [1.82, 2.24) is 0 Å². The van der Waals surface area contributed by atoms with Gasteiger partial charge in [-0.05, 0) is 18.2 Å². The first-order valence-electron chi connectivity index (χ1n) is 4.48. The van der Waals surface area contributed by atoms with Gasteiger partial charge in [0, 0.05) is 24.2 Å². The maximum absolute atomic E-state index is 8.82. The summed E-state index contributed by atoms with van der Waals surface area (Å²) in [7, 11) is 1.62. The van der Waals surface area contributed by atoms with E-state index in [0.717, 1.165) is 30.0 Å². The van der Waals surface area contributed by atoms with E-state index in [-0.39, 0.29) is 0 Å². The highest BCUT2D eigenvalue weighted by molar-refractivity contribution is 6.06. The molecule has 0 bridgehead atoms. The third-order valence-corrected chi connectivity index (χ3v) is 2.34. The van der Waals surface area contributed by atoms with E-state index in [4.69, 9.17) is 9.94 Å². The first-order chi connectivity index (χ1) is 6.85. The predicted octanol–water partition coefficient (Wildman–Crippen LogP) is 1.69. The lowest BCUT2D eigenvalue weighted by molar-refractivity contribution is 0.318. The number of hydrogen-bond donors (Lipinski definition) is 2. The average Bonchev–Trinajstić information content (AvgIpc) is 2.27. The molecule has 0 atom stereocenters. The van der Waals surface area contributed by atoms with E-state index >= 15 is 0 Å². The topological polar surface area (TPSA) is 53.9 Å². The third-order valence-electron chi connectivity index (χ3n) is 2.34. The number of rotatable bonds is 1. The Morgan fingerprint density at radius 2 is 2.36 bits per heavy atom. The van der Waals surface area contributed by atoms with Crippen LogP contribution in [0.15, 0.2) is 23.4 Å². The number of nitrogens with zero attached hydrogens (tertiary/aromatic N) is 1. The predicted molar refractivity (Wildman–Crippen MR) is 54.4 cm³/mol. The van der Waals surface area contributed by atoms with Crippen molar-refractivity contribution in [2.45, 2.75) is 6.42 Å². The molecular weight excluding hydrogens is 180 g/mol. The lowest BCUT2D eigenvalue weighted by atomic mass is 10.0. The standard InChI is InChI=1S/C10H12N2O2/c1-14-7-2-3-9-8(6-7)10(12-13)4-5-11-9/h2-3,6,11,13H,4-5H2,1H3. The van der Waals surface area contributed by atoms with Gasteiger partial charge in [0.25, 0.3) is 0 Å². The number of ether oxygens (including phenoxy) is 1. The second kappa shape index (κ2) is 3.57. The number of benzene rings is 1. The Morgan fingerprint density at radius 3 is 3.07 bits per heavy atom. The highest BCUT2D eigenvalue weighted by Crippen LogP contribution is 2.26. The van der Waals surface area contributed by atoms with Crippen molar-refractivity contribution in [1.29, 1.82) is 0 Å². The Balaban J connectivity index is 2.49. The quantitative estimate of drug-likeness (QED) is 0.526. The van der Waals surface area contributed by atoms with Crippen molar-refractivity contribution >= 4 is 11.4 Å². The Morgan fingerprint density at radius 1 is 1.50 bits per heavy atom. The van der Waals surface area contributed by atoms with Crippen LogP contribution in [-0.4, -0.2) is 24.6 Å². The van der Waals surface area contributed by atoms with Crippen molar-refractivity contribution in [3.05, 3.63) is 23.8 Å². The summed E-state index contributed by atoms with van der Waals surface area (Å²) in [6.45, 7) is 0.804. The molecule has 4 heteroatoms. The summed E-state index contributed by atoms with van der Waals surface area (Å²) < 4.78 is 5.11. The number of methoxy groups -OCH3 is 1. The molecule has 0 spiro atoms. The SMILES string of the molecule is COc1ccc2c(c1)C(=NO)CCN2. The zero-order valence-corrected chi connectivity index (χ0v) is 7.95. The van der Waals surface area contributed by atoms with E-state index in [2.05, 4.69) is 10.5 Å². The van der Waals surface area contributed by atoms with Gasteiger partial charge in [-0.15, -0.1) is 0 Å². The van der Waals surface area contributed by atoms with Gasteiger partial charge in [-0.3, -0.25) is 0 Å². The molecule has 0 aromatic heterocycles. The van der Waals surface area contributed by atoms with Crippen LogP contribution >= 0.6 is 0 Å². The molecule has 0 radical (unpaired) electrons. The summed E-state index contributed by atoms with van der Waals surface area (Å²) in [4.78, 5) is 0. The van der Waals surface area contributed by atoms with Gasteiger partial charge in [-0.1, -0.05) is 5.16 Å². The molecule has 1 heterocycles. The van der Waals surface area contributed by atoms with E-state index in [0.29, 0.717) is 5.71 Å². The van der Waals surface area contributed by atoms with Gasteiger partial charge in [-0.25, -0.2) is 0 Å². The van der Waals surface area contributed by atoms with Crippen LogP contribution in [0, 0.1) is 0 Å². The first-order valence-corrected chi connectivity index (χ1v) is 4.48. The average molecular weight is 192 g/mol. The van der Waals surface area contributed by atoms with Crippen LogP contribution < -0.4 is 10.1 Å². The maximum atomic E-state index is 8.82. The fraction of sp³-hybridized carbons (Fsp3) is 0.300. The molecule has 2 rings (SSSR count). The highest BCUT2D eigenvalue weighted by atomic mass is 16.5. The normalized spacial score (nSPS) is 17.4. The molecule has 0 unspecified atom stereocenters. The van der Waals surface area contributed by atoms with Crippen molar-refractivity contribution < 1.29 is 9.94 Å². The zero-order chi connectivity index (χ0) is 9.97. The molecule has 0 saturated carbocycles. The number of anilines is 1. The minimum atomic E-state index is 0.706. The molecule has 2 N–H and O–H groups in total. The van der Waals surface area contributed by atoms with Crippen LogP contribution in [0.1, 0.15) is 12.0 Å². The molecule has 1 aliphatic heterocycles. The largest absolute Gasteiger partial charge is 0.497 e. The molecule has 0 fully saturated rings. The van der Waals surface area contributed by atoms with Crippen molar-refractivity contribution in [2.75, 3.05) is 19.0 Å². The third kappa shape index (κ3) is 1.39. The van der Waals surface area contributed by atoms with Gasteiger partial charge < -0.3 is 15.3 Å². The summed E-state index contributed by atoms with van der Waals surface area (Å²) in [6.07, 6.45) is 0.733. The molecule has 0 saturated heterocycles. The summed E-state index contributed by atoms with van der Waals surface area (Å²) in [5.74, 6) is 0.772. The van der Waals surface area contributed by atoms with Gasteiger partial charge >= 0.3 is 0 Å². The number of hydrogen-bond acceptors (Lipinski definition) is 4. The van der Waals surface area contributed by atoms with E-state index in [1.807, 2.05) is 18.2 Å². The van der Waals surface area contributed by atoms with E-state index in [1.165, 1.54) is 0 Å². The fourth-order valence-electron chi connectivity index (χ4n) is 1.60. The molecule has 74 valence electrons. The smallest absolute Gasteiger partial charge is 0.119 e. The summed E-state index contributed by atoms with van der Waals surface area (Å²) in [6, 6.07) is 5.68. The Kier molecular flexibility index (Phi) is 2.26. The van der Waals surface area contributed by atoms with Crippen LogP contribution in [0.5, 0.6) is 5.75 Å². The van der Waals surface area contributed by atoms with Gasteiger partial charge in [0.05, 0.1) is 12.8 Å². The van der Waals surface area contributed by atoms with Crippen LogP contribution in [0.25, 0.3) is 0 Å². The van der Waals surface area contributed by atoms with Crippen LogP contribution in [0.3, 0.4) is 0 Å². The molecule has 0 amide bonds. The molecule has 1 aliphatic rings. The van der Waals surface area contributed by atoms with Gasteiger partial charge in [0.2, 0.25) is 0 Å². The van der Waals surface area contributed by atoms with Crippen LogP contribution in [0.4, 0.5) is 5.69 Å². The Bertz CT molecular complexity index is 374. The van der Waals surface area contributed by atoms with E-state index in [1.54, 1.807) is 7.11 Å². The van der Waals surface area contributed by atoms with Crippen molar-refractivity contribution in [3.63, 3.8) is 0 Å². The van der Waals surface area contributed by atoms with Gasteiger partial charge in [0.15, 0.2) is 0 Å². The summed E-state index contributed by atoms with van der Waals surface area (Å²) in [5, 5.41) is 15.3. The molecule has 14 heavy (non-hydrogen) atoms. The minimum Gasteiger partial charge on any atom is -0.497 e. The molecule has 1 aromatic carbocycles. The Hall–Kier alpha value is -1.71. The van der Waals surface area contributed by atoms with Gasteiger partial charge in [0.1, 0.15) is 5.75 Å². The molecule has 0 aliphatic carbocycles. The lowest BCUT2D eigenvalue weighted by Gasteiger charge is -2.19. The molecule has 1 aromatic rings. The monoisotopic (exact) mass is 192 g/mol. The van der Waals surface area contributed by atoms with Crippen LogP contribution in [0.2, 0.25) is 0 Å². The number of oxime groups is 1. The molecular formula is C10H12N2O2. The number of nitrogens with one attached hydrogen (secondary N) is 1. The first kappa shape index (κ1) is 8.87. The van der Waals surface area contributed by atoms with Gasteiger partial charge in [-0.2, -0.15) is 0 Å². The maximum Gasteiger partial charge on any atom is 0.119 e. The minimum absolute atomic E-state index is 0.706. The second-order valence-corrected chi connectivity index (χ2v) is 3.13. The number of fused-ring (bicyclic) bond motifs is 1. The zero-order valence-electron chi connectivity index (χ0n) is 7.95. The summed E-state index contributed by atoms with van der Waals surface area (Å²) in [5.41, 5.74) is 2.61.